The van der Waals surface area contributed by atoms with Crippen molar-refractivity contribution in [2.45, 2.75) is 118 Å². The molecule has 55 heavy (non-hydrogen) atoms. The summed E-state index contributed by atoms with van der Waals surface area (Å²) in [6.07, 6.45) is -0.197. The molecule has 0 unspecified atom stereocenters. The van der Waals surface area contributed by atoms with E-state index in [1.165, 1.54) is 0 Å². The molecule has 0 bridgehead atoms. The van der Waals surface area contributed by atoms with Crippen molar-refractivity contribution in [3.8, 4) is 0 Å². The minimum atomic E-state index is -0.856. The van der Waals surface area contributed by atoms with E-state index in [2.05, 4.69) is 57.8 Å². The zero-order valence-corrected chi connectivity index (χ0v) is 38.3. The fourth-order valence-corrected chi connectivity index (χ4v) is 6.21. The number of carbonyl (C=O) groups excluding carboxylic acids is 4. The van der Waals surface area contributed by atoms with Crippen molar-refractivity contribution in [1.82, 2.24) is 9.97 Å². The van der Waals surface area contributed by atoms with E-state index in [4.69, 9.17) is 18.9 Å². The molecule has 0 saturated heterocycles. The highest BCUT2D eigenvalue weighted by molar-refractivity contribution is 9.11. The molecule has 4 rings (SSSR count). The van der Waals surface area contributed by atoms with Gasteiger partial charge in [0.05, 0.1) is 8.95 Å². The van der Waals surface area contributed by atoms with Crippen LogP contribution < -0.4 is 9.80 Å². The zero-order chi connectivity index (χ0) is 41.8. The largest absolute Gasteiger partial charge is 0.443 e. The van der Waals surface area contributed by atoms with Gasteiger partial charge in [0.2, 0.25) is 0 Å². The lowest BCUT2D eigenvalue weighted by Gasteiger charge is -2.28. The maximum absolute atomic E-state index is 12.8. The number of anilines is 2. The summed E-state index contributed by atoms with van der Waals surface area (Å²) in [7, 11) is 0. The smallest absolute Gasteiger partial charge is 0.425 e. The average Bonchev–Trinajstić information content (AvgIpc) is 3.00. The molecule has 4 aromatic rings. The molecule has 4 amide bonds. The molecule has 12 nitrogen and oxygen atoms in total. The molecule has 2 aromatic carbocycles. The summed E-state index contributed by atoms with van der Waals surface area (Å²) in [5, 5.41) is 4.07. The van der Waals surface area contributed by atoms with Gasteiger partial charge < -0.3 is 18.9 Å². The predicted octanol–water partition coefficient (Wildman–Crippen LogP) is 12.6. The van der Waals surface area contributed by atoms with E-state index in [1.807, 2.05) is 43.3 Å². The number of benzene rings is 2. The molecular weight excluding hydrogens is 904 g/mol. The minimum absolute atomic E-state index is 0.114. The molecule has 0 saturated carbocycles. The van der Waals surface area contributed by atoms with Crippen molar-refractivity contribution < 1.29 is 38.1 Å². The number of carbonyl (C=O) groups is 4. The van der Waals surface area contributed by atoms with Crippen LogP contribution in [0.25, 0.3) is 21.5 Å². The van der Waals surface area contributed by atoms with Crippen molar-refractivity contribution in [1.29, 1.82) is 0 Å². The van der Waals surface area contributed by atoms with Crippen LogP contribution >= 0.6 is 47.8 Å². The highest BCUT2D eigenvalue weighted by Crippen LogP contribution is 2.36. The summed E-state index contributed by atoms with van der Waals surface area (Å²) in [5.41, 5.74) is -1.05. The van der Waals surface area contributed by atoms with E-state index in [1.54, 1.807) is 95.5 Å². The average molecular weight is 954 g/mol. The first-order valence-electron chi connectivity index (χ1n) is 17.3. The number of pyridine rings is 2. The predicted molar refractivity (Wildman–Crippen MR) is 226 cm³/mol. The van der Waals surface area contributed by atoms with Gasteiger partial charge in [-0.15, -0.1) is 0 Å². The van der Waals surface area contributed by atoms with Crippen molar-refractivity contribution in [2.75, 3.05) is 9.80 Å². The summed E-state index contributed by atoms with van der Waals surface area (Å²) in [4.78, 5) is 61.5. The second-order valence-electron chi connectivity index (χ2n) is 16.5. The molecule has 0 N–H and O–H groups in total. The van der Waals surface area contributed by atoms with Crippen LogP contribution in [-0.2, 0) is 24.3 Å². The second-order valence-corrected chi connectivity index (χ2v) is 18.7. The third-order valence-corrected chi connectivity index (χ3v) is 8.94. The lowest BCUT2D eigenvalue weighted by Crippen LogP contribution is -2.44. The number of fused-ring (bicyclic) bond motifs is 2. The maximum atomic E-state index is 12.8. The molecule has 2 heterocycles. The van der Waals surface area contributed by atoms with Gasteiger partial charge >= 0.3 is 24.4 Å². The van der Waals surface area contributed by atoms with Crippen LogP contribution in [0, 0.1) is 6.92 Å². The molecule has 0 spiro atoms. The fourth-order valence-electron chi connectivity index (χ4n) is 4.61. The van der Waals surface area contributed by atoms with Crippen molar-refractivity contribution in [3.05, 3.63) is 68.9 Å². The van der Waals surface area contributed by atoms with Gasteiger partial charge in [-0.05, 0) is 133 Å². The standard InChI is InChI=1S/C20H24Br2N2O4.C20H25BrN2O4/c1-19(2,3)27-17(25)24(18(26)28-20(4,5)6)16-15(22)14-9-12(10-21)7-8-13(14)11-23-16;1-12-8-9-13-11-22-16(15(21)14(13)10-12)23(17(24)26-19(2,3)4)18(25)27-20(5,6)7/h7-9,11H,10H2,1-6H3;8-11H,1-7H3. The number of ether oxygens (including phenoxy) is 4. The van der Waals surface area contributed by atoms with Crippen LogP contribution in [0.5, 0.6) is 0 Å². The Bertz CT molecular complexity index is 2020. The summed E-state index contributed by atoms with van der Waals surface area (Å²) < 4.78 is 22.7. The van der Waals surface area contributed by atoms with Gasteiger partial charge in [0.1, 0.15) is 22.4 Å². The number of rotatable bonds is 3. The Morgan fingerprint density at radius 2 is 0.891 bits per heavy atom. The molecule has 2 aromatic heterocycles. The van der Waals surface area contributed by atoms with Crippen LogP contribution in [0.15, 0.2) is 57.7 Å². The van der Waals surface area contributed by atoms with E-state index in [9.17, 15) is 19.2 Å². The first kappa shape index (κ1) is 45.6. The van der Waals surface area contributed by atoms with E-state index >= 15 is 0 Å². The molecule has 0 aliphatic rings. The molecule has 0 atom stereocenters. The van der Waals surface area contributed by atoms with Gasteiger partial charge in [0.25, 0.3) is 0 Å². The van der Waals surface area contributed by atoms with E-state index in [-0.39, 0.29) is 11.6 Å². The third-order valence-electron chi connectivity index (χ3n) is 6.73. The number of halogens is 3. The van der Waals surface area contributed by atoms with Gasteiger partial charge in [-0.3, -0.25) is 0 Å². The zero-order valence-electron chi connectivity index (χ0n) is 33.5. The summed E-state index contributed by atoms with van der Waals surface area (Å²) in [6.45, 7) is 22.7. The molecule has 0 radical (unpaired) electrons. The van der Waals surface area contributed by atoms with E-state index in [0.29, 0.717) is 14.3 Å². The molecule has 0 aliphatic carbocycles. The topological polar surface area (TPSA) is 137 Å². The van der Waals surface area contributed by atoms with E-state index in [0.717, 1.165) is 42.5 Å². The number of hydrogen-bond donors (Lipinski definition) is 0. The second kappa shape index (κ2) is 17.5. The van der Waals surface area contributed by atoms with Gasteiger partial charge in [-0.2, -0.15) is 9.80 Å². The Morgan fingerprint density at radius 3 is 1.22 bits per heavy atom. The molecule has 15 heteroatoms. The van der Waals surface area contributed by atoms with Crippen LogP contribution in [0.4, 0.5) is 30.8 Å². The van der Waals surface area contributed by atoms with Crippen molar-refractivity contribution in [2.24, 2.45) is 0 Å². The van der Waals surface area contributed by atoms with Gasteiger partial charge in [0.15, 0.2) is 11.6 Å². The quantitative estimate of drug-likeness (QED) is 0.144. The number of hydrogen-bond acceptors (Lipinski definition) is 10. The fraction of sp³-hybridized carbons (Fsp3) is 0.450. The summed E-state index contributed by atoms with van der Waals surface area (Å²) in [5.74, 6) is 0.235. The Kier molecular flexibility index (Phi) is 14.5. The van der Waals surface area contributed by atoms with Crippen molar-refractivity contribution >= 4 is 105 Å². The Hall–Kier alpha value is -3.82. The number of aryl methyl sites for hydroxylation is 1. The van der Waals surface area contributed by atoms with Gasteiger partial charge in [0, 0.05) is 39.3 Å². The highest BCUT2D eigenvalue weighted by Gasteiger charge is 2.36. The normalized spacial score (nSPS) is 12.0. The van der Waals surface area contributed by atoms with Crippen molar-refractivity contribution in [3.63, 3.8) is 0 Å². The minimum Gasteiger partial charge on any atom is -0.443 e. The van der Waals surface area contributed by atoms with Crippen LogP contribution in [0.1, 0.15) is 94.2 Å². The first-order chi connectivity index (χ1) is 25.1. The number of aromatic nitrogens is 2. The summed E-state index contributed by atoms with van der Waals surface area (Å²) >= 11 is 10.4. The van der Waals surface area contributed by atoms with Crippen LogP contribution in [-0.4, -0.2) is 56.7 Å². The monoisotopic (exact) mass is 950 g/mol. The van der Waals surface area contributed by atoms with E-state index < -0.39 is 46.8 Å². The first-order valence-corrected chi connectivity index (χ1v) is 20.0. The maximum Gasteiger partial charge on any atom is 0.425 e. The Labute approximate surface area is 348 Å². The third kappa shape index (κ3) is 13.1. The molecular formula is C40H49Br3N4O8. The number of imide groups is 2. The molecule has 298 valence electrons. The van der Waals surface area contributed by atoms with Crippen LogP contribution in [0.3, 0.4) is 0 Å². The summed E-state index contributed by atoms with van der Waals surface area (Å²) in [6, 6.07) is 11.7. The molecule has 0 aliphatic heterocycles. The Morgan fingerprint density at radius 1 is 0.564 bits per heavy atom. The molecule has 0 fully saturated rings. The number of alkyl halides is 1. The van der Waals surface area contributed by atoms with Gasteiger partial charge in [-0.1, -0.05) is 51.8 Å². The van der Waals surface area contributed by atoms with Crippen LogP contribution in [0.2, 0.25) is 0 Å². The lowest BCUT2D eigenvalue weighted by molar-refractivity contribution is 0.0406. The Balaban J connectivity index is 0.000000296. The van der Waals surface area contributed by atoms with Gasteiger partial charge in [-0.25, -0.2) is 29.1 Å². The highest BCUT2D eigenvalue weighted by atomic mass is 79.9. The number of nitrogens with zero attached hydrogens (tertiary/aromatic N) is 4. The lowest BCUT2D eigenvalue weighted by atomic mass is 10.1. The number of amides is 4. The SMILES string of the molecule is CC(C)(C)OC(=O)N(C(=O)OC(C)(C)C)c1ncc2ccc(CBr)cc2c1Br.Cc1ccc2cnc(N(C(=O)OC(C)(C)C)C(=O)OC(C)(C)C)c(Br)c2c1.